The van der Waals surface area contributed by atoms with Crippen LogP contribution in [0.2, 0.25) is 0 Å². The molecule has 136 valence electrons. The molecule has 0 spiro atoms. The number of aryl methyl sites for hydroxylation is 1. The summed E-state index contributed by atoms with van der Waals surface area (Å²) in [6.45, 7) is 1.94. The minimum absolute atomic E-state index is 0.159. The van der Waals surface area contributed by atoms with Crippen LogP contribution in [-0.4, -0.2) is 16.0 Å². The van der Waals surface area contributed by atoms with Gasteiger partial charge in [-0.1, -0.05) is 30.3 Å². The van der Waals surface area contributed by atoms with E-state index >= 15 is 0 Å². The molecule has 0 bridgehead atoms. The highest BCUT2D eigenvalue weighted by atomic mass is 32.1. The Balaban J connectivity index is 1.56. The quantitative estimate of drug-likeness (QED) is 0.651. The molecule has 3 aromatic rings. The first kappa shape index (κ1) is 18.5. The molecule has 0 aliphatic heterocycles. The molecule has 0 saturated carbocycles. The van der Waals surface area contributed by atoms with E-state index in [-0.39, 0.29) is 17.4 Å². The lowest BCUT2D eigenvalue weighted by atomic mass is 10.1. The van der Waals surface area contributed by atoms with Crippen molar-refractivity contribution in [2.24, 2.45) is 0 Å². The molecule has 2 aromatic carbocycles. The van der Waals surface area contributed by atoms with Gasteiger partial charge in [0.2, 0.25) is 5.91 Å². The maximum absolute atomic E-state index is 12.1. The zero-order valence-electron chi connectivity index (χ0n) is 14.8. The van der Waals surface area contributed by atoms with Gasteiger partial charge in [0.15, 0.2) is 5.11 Å². The Bertz CT molecular complexity index is 931. The van der Waals surface area contributed by atoms with Crippen molar-refractivity contribution in [2.75, 3.05) is 5.32 Å². The van der Waals surface area contributed by atoms with Crippen LogP contribution in [0.15, 0.2) is 73.1 Å². The number of benzene rings is 2. The molecule has 3 rings (SSSR count). The Morgan fingerprint density at radius 2 is 1.81 bits per heavy atom. The molecular formula is C21H19N3O2S. The van der Waals surface area contributed by atoms with Crippen LogP contribution in [0.3, 0.4) is 0 Å². The third-order valence-corrected chi connectivity index (χ3v) is 3.97. The van der Waals surface area contributed by atoms with Gasteiger partial charge in [-0.05, 0) is 60.6 Å². The molecule has 0 aliphatic carbocycles. The molecule has 1 aromatic heterocycles. The van der Waals surface area contributed by atoms with Gasteiger partial charge >= 0.3 is 0 Å². The molecule has 1 amide bonds. The van der Waals surface area contributed by atoms with E-state index in [1.165, 1.54) is 0 Å². The summed E-state index contributed by atoms with van der Waals surface area (Å²) in [5, 5.41) is 5.98. The van der Waals surface area contributed by atoms with Crippen LogP contribution in [0.1, 0.15) is 11.1 Å². The maximum Gasteiger partial charge on any atom is 0.230 e. The zero-order chi connectivity index (χ0) is 19.1. The van der Waals surface area contributed by atoms with Crippen molar-refractivity contribution in [3.05, 3.63) is 84.2 Å². The summed E-state index contributed by atoms with van der Waals surface area (Å²) in [7, 11) is 0. The average Bonchev–Trinajstić information content (AvgIpc) is 2.65. The molecule has 0 saturated heterocycles. The van der Waals surface area contributed by atoms with Crippen LogP contribution in [-0.2, 0) is 11.2 Å². The van der Waals surface area contributed by atoms with E-state index in [9.17, 15) is 4.79 Å². The smallest absolute Gasteiger partial charge is 0.230 e. The third-order valence-electron chi connectivity index (χ3n) is 3.77. The first-order valence-electron chi connectivity index (χ1n) is 8.43. The van der Waals surface area contributed by atoms with E-state index in [1.54, 1.807) is 24.5 Å². The van der Waals surface area contributed by atoms with E-state index in [0.29, 0.717) is 0 Å². The van der Waals surface area contributed by atoms with Crippen LogP contribution in [0.4, 0.5) is 5.69 Å². The maximum atomic E-state index is 12.1. The predicted octanol–water partition coefficient (Wildman–Crippen LogP) is 4.24. The van der Waals surface area contributed by atoms with Gasteiger partial charge in [-0.3, -0.25) is 9.78 Å². The molecule has 1 heterocycles. The Morgan fingerprint density at radius 3 is 2.52 bits per heavy atom. The minimum atomic E-state index is -0.159. The summed E-state index contributed by atoms with van der Waals surface area (Å²) in [6, 6.07) is 18.7. The van der Waals surface area contributed by atoms with Gasteiger partial charge in [-0.2, -0.15) is 0 Å². The number of ether oxygens (including phenoxy) is 1. The van der Waals surface area contributed by atoms with Crippen LogP contribution in [0.5, 0.6) is 11.5 Å². The number of nitrogens with one attached hydrogen (secondary N) is 2. The first-order chi connectivity index (χ1) is 13.1. The summed E-state index contributed by atoms with van der Waals surface area (Å²) in [5.41, 5.74) is 2.65. The Labute approximate surface area is 163 Å². The van der Waals surface area contributed by atoms with Gasteiger partial charge in [0.25, 0.3) is 0 Å². The first-order valence-corrected chi connectivity index (χ1v) is 8.84. The fraction of sp³-hybridized carbons (Fsp3) is 0.0952. The van der Waals surface area contributed by atoms with Crippen LogP contribution in [0, 0.1) is 6.92 Å². The third kappa shape index (κ3) is 5.62. The number of anilines is 1. The summed E-state index contributed by atoms with van der Waals surface area (Å²) < 4.78 is 5.83. The van der Waals surface area contributed by atoms with E-state index in [4.69, 9.17) is 17.0 Å². The standard InChI is InChI=1S/C21H19N3O2S/c1-15-13-17(7-8-19(15)26-18-9-11-22-12-10-18)23-21(27)24-20(25)14-16-5-3-2-4-6-16/h2-13H,14H2,1H3,(H2,23,24,25,27). The normalized spacial score (nSPS) is 10.1. The number of thiocarbonyl (C=S) groups is 1. The van der Waals surface area contributed by atoms with E-state index in [2.05, 4.69) is 15.6 Å². The summed E-state index contributed by atoms with van der Waals surface area (Å²) in [5.74, 6) is 1.30. The van der Waals surface area contributed by atoms with E-state index < -0.39 is 0 Å². The van der Waals surface area contributed by atoms with Crippen LogP contribution < -0.4 is 15.4 Å². The SMILES string of the molecule is Cc1cc(NC(=S)NC(=O)Cc2ccccc2)ccc1Oc1ccncc1. The highest BCUT2D eigenvalue weighted by Crippen LogP contribution is 2.26. The van der Waals surface area contributed by atoms with Crippen molar-refractivity contribution in [2.45, 2.75) is 13.3 Å². The van der Waals surface area contributed by atoms with Gasteiger partial charge in [0.05, 0.1) is 6.42 Å². The van der Waals surface area contributed by atoms with E-state index in [1.807, 2.05) is 55.5 Å². The number of carbonyl (C=O) groups excluding carboxylic acids is 1. The van der Waals surface area contributed by atoms with Crippen molar-refractivity contribution >= 4 is 28.9 Å². The second-order valence-corrected chi connectivity index (χ2v) is 6.34. The number of hydrogen-bond donors (Lipinski definition) is 2. The van der Waals surface area contributed by atoms with Crippen molar-refractivity contribution in [1.82, 2.24) is 10.3 Å². The predicted molar refractivity (Wildman–Crippen MR) is 110 cm³/mol. The number of amides is 1. The Kier molecular flexibility index (Phi) is 6.12. The molecule has 0 atom stereocenters. The monoisotopic (exact) mass is 377 g/mol. The Hall–Kier alpha value is -3.25. The van der Waals surface area contributed by atoms with E-state index in [0.717, 1.165) is 28.3 Å². The number of aromatic nitrogens is 1. The lowest BCUT2D eigenvalue weighted by Crippen LogP contribution is -2.35. The van der Waals surface area contributed by atoms with Crippen LogP contribution >= 0.6 is 12.2 Å². The van der Waals surface area contributed by atoms with Gasteiger partial charge in [-0.15, -0.1) is 0 Å². The molecule has 5 nitrogen and oxygen atoms in total. The highest BCUT2D eigenvalue weighted by molar-refractivity contribution is 7.80. The lowest BCUT2D eigenvalue weighted by molar-refractivity contribution is -0.119. The second kappa shape index (κ2) is 8.91. The zero-order valence-corrected chi connectivity index (χ0v) is 15.6. The molecule has 27 heavy (non-hydrogen) atoms. The summed E-state index contributed by atoms with van der Waals surface area (Å²) >= 11 is 5.23. The van der Waals surface area contributed by atoms with Gasteiger partial charge in [0.1, 0.15) is 11.5 Å². The minimum Gasteiger partial charge on any atom is -0.457 e. The van der Waals surface area contributed by atoms with Gasteiger partial charge < -0.3 is 15.4 Å². The fourth-order valence-corrected chi connectivity index (χ4v) is 2.72. The summed E-state index contributed by atoms with van der Waals surface area (Å²) in [6.07, 6.45) is 3.63. The van der Waals surface area contributed by atoms with Gasteiger partial charge in [-0.25, -0.2) is 0 Å². The number of rotatable bonds is 5. The molecule has 0 aliphatic rings. The largest absolute Gasteiger partial charge is 0.457 e. The molecule has 2 N–H and O–H groups in total. The molecule has 0 unspecified atom stereocenters. The number of nitrogens with zero attached hydrogens (tertiary/aromatic N) is 1. The molecule has 0 fully saturated rings. The van der Waals surface area contributed by atoms with Crippen molar-refractivity contribution in [3.8, 4) is 11.5 Å². The number of hydrogen-bond acceptors (Lipinski definition) is 4. The molecule has 0 radical (unpaired) electrons. The molecule has 6 heteroatoms. The van der Waals surface area contributed by atoms with Crippen molar-refractivity contribution in [3.63, 3.8) is 0 Å². The lowest BCUT2D eigenvalue weighted by Gasteiger charge is -2.13. The number of pyridine rings is 1. The van der Waals surface area contributed by atoms with Gasteiger partial charge in [0, 0.05) is 18.1 Å². The fourth-order valence-electron chi connectivity index (χ4n) is 2.49. The highest BCUT2D eigenvalue weighted by Gasteiger charge is 2.08. The molecular weight excluding hydrogens is 358 g/mol. The van der Waals surface area contributed by atoms with Crippen molar-refractivity contribution < 1.29 is 9.53 Å². The number of carbonyl (C=O) groups is 1. The Morgan fingerprint density at radius 1 is 1.07 bits per heavy atom. The topological polar surface area (TPSA) is 63.2 Å². The summed E-state index contributed by atoms with van der Waals surface area (Å²) in [4.78, 5) is 16.0. The van der Waals surface area contributed by atoms with Crippen LogP contribution in [0.25, 0.3) is 0 Å². The average molecular weight is 377 g/mol. The second-order valence-electron chi connectivity index (χ2n) is 5.93. The van der Waals surface area contributed by atoms with Crippen molar-refractivity contribution in [1.29, 1.82) is 0 Å².